The van der Waals surface area contributed by atoms with Gasteiger partial charge in [0, 0.05) is 26.3 Å². The molecule has 0 saturated carbocycles. The van der Waals surface area contributed by atoms with Crippen molar-refractivity contribution < 1.29 is 9.53 Å². The third kappa shape index (κ3) is 12.0. The number of carbonyl (C=O) groups excluding carboxylic acids is 1. The average molecular weight is 428 g/mol. The Morgan fingerprint density at radius 2 is 1.82 bits per heavy atom. The molecule has 0 saturated heterocycles. The number of rotatable bonds is 11. The molecule has 4 N–H and O–H groups in total. The maximum Gasteiger partial charge on any atom is 0.224 e. The smallest absolute Gasteiger partial charge is 0.224 e. The Hall–Kier alpha value is -0.570. The normalized spacial score (nSPS) is 11.7. The first-order valence-corrected chi connectivity index (χ1v) is 7.83. The summed E-state index contributed by atoms with van der Waals surface area (Å²) in [5.41, 5.74) is 4.71. The molecule has 0 aliphatic carbocycles. The van der Waals surface area contributed by atoms with Crippen molar-refractivity contribution in [1.29, 1.82) is 0 Å². The summed E-state index contributed by atoms with van der Waals surface area (Å²) >= 11 is 0. The third-order valence-electron chi connectivity index (χ3n) is 3.04. The van der Waals surface area contributed by atoms with Gasteiger partial charge in [-0.3, -0.25) is 9.79 Å². The van der Waals surface area contributed by atoms with Crippen LogP contribution in [0.5, 0.6) is 0 Å². The van der Waals surface area contributed by atoms with Crippen LogP contribution in [0.1, 0.15) is 47.0 Å². The van der Waals surface area contributed by atoms with Gasteiger partial charge in [0.2, 0.25) is 5.91 Å². The van der Waals surface area contributed by atoms with Crippen molar-refractivity contribution in [3.8, 4) is 0 Å². The van der Waals surface area contributed by atoms with Crippen molar-refractivity contribution in [3.63, 3.8) is 0 Å². The predicted molar refractivity (Wildman–Crippen MR) is 103 cm³/mol. The molecule has 0 fully saturated rings. The predicted octanol–water partition coefficient (Wildman–Crippen LogP) is 1.88. The number of nitrogens with two attached hydrogens (primary N) is 1. The lowest BCUT2D eigenvalue weighted by atomic mass is 9.93. The molecule has 0 aliphatic rings. The molecule has 0 aromatic carbocycles. The van der Waals surface area contributed by atoms with Crippen LogP contribution in [0.15, 0.2) is 4.99 Å². The molecule has 0 atom stereocenters. The molecule has 0 aromatic rings. The second-order valence-corrected chi connectivity index (χ2v) is 5.69. The van der Waals surface area contributed by atoms with Crippen molar-refractivity contribution >= 4 is 35.8 Å². The van der Waals surface area contributed by atoms with E-state index in [1.54, 1.807) is 13.8 Å². The van der Waals surface area contributed by atoms with E-state index in [2.05, 4.69) is 22.5 Å². The van der Waals surface area contributed by atoms with Gasteiger partial charge in [0.05, 0.1) is 12.0 Å². The molecule has 7 heteroatoms. The summed E-state index contributed by atoms with van der Waals surface area (Å²) < 4.78 is 5.50. The maximum atomic E-state index is 11.3. The van der Waals surface area contributed by atoms with Gasteiger partial charge in [0.25, 0.3) is 0 Å². The monoisotopic (exact) mass is 428 g/mol. The largest absolute Gasteiger partial charge is 0.381 e. The van der Waals surface area contributed by atoms with Crippen LogP contribution in [0.4, 0.5) is 0 Å². The van der Waals surface area contributed by atoms with Gasteiger partial charge in [0.15, 0.2) is 5.96 Å². The molecule has 0 radical (unpaired) electrons. The molecule has 0 aromatic heterocycles. The Morgan fingerprint density at radius 1 is 1.18 bits per heavy atom. The first-order valence-electron chi connectivity index (χ1n) is 7.83. The molecule has 132 valence electrons. The van der Waals surface area contributed by atoms with Crippen LogP contribution in [-0.4, -0.2) is 44.7 Å². The number of nitrogens with one attached hydrogen (secondary N) is 2. The van der Waals surface area contributed by atoms with Crippen LogP contribution in [0.25, 0.3) is 0 Å². The number of hydrogen-bond acceptors (Lipinski definition) is 3. The molecule has 0 bridgehead atoms. The number of amides is 1. The number of hydrogen-bond donors (Lipinski definition) is 3. The first kappa shape index (κ1) is 23.7. The fourth-order valence-electron chi connectivity index (χ4n) is 1.43. The van der Waals surface area contributed by atoms with Gasteiger partial charge in [-0.1, -0.05) is 13.3 Å². The van der Waals surface area contributed by atoms with Gasteiger partial charge in [-0.2, -0.15) is 0 Å². The Bertz CT molecular complexity index is 323. The molecule has 6 nitrogen and oxygen atoms in total. The van der Waals surface area contributed by atoms with Gasteiger partial charge in [-0.25, -0.2) is 0 Å². The number of aliphatic imine (C=N–C) groups is 1. The molecule has 0 heterocycles. The second kappa shape index (κ2) is 14.0. The summed E-state index contributed by atoms with van der Waals surface area (Å²) in [6.45, 7) is 11.3. The lowest BCUT2D eigenvalue weighted by Crippen LogP contribution is -2.40. The highest BCUT2D eigenvalue weighted by Crippen LogP contribution is 2.13. The van der Waals surface area contributed by atoms with E-state index in [-0.39, 0.29) is 29.9 Å². The minimum absolute atomic E-state index is 0. The van der Waals surface area contributed by atoms with Crippen LogP contribution in [-0.2, 0) is 9.53 Å². The van der Waals surface area contributed by atoms with Crippen LogP contribution in [0.3, 0.4) is 0 Å². The molecule has 0 rings (SSSR count). The lowest BCUT2D eigenvalue weighted by molar-refractivity contribution is -0.125. The van der Waals surface area contributed by atoms with Crippen LogP contribution >= 0.6 is 24.0 Å². The maximum absolute atomic E-state index is 11.3. The Kier molecular flexibility index (Phi) is 15.1. The Labute approximate surface area is 152 Å². The molecule has 22 heavy (non-hydrogen) atoms. The van der Waals surface area contributed by atoms with Gasteiger partial charge < -0.3 is 21.1 Å². The highest BCUT2D eigenvalue weighted by atomic mass is 127. The number of halogens is 1. The van der Waals surface area contributed by atoms with Crippen molar-refractivity contribution in [2.24, 2.45) is 16.1 Å². The van der Waals surface area contributed by atoms with Gasteiger partial charge in [-0.05, 0) is 33.6 Å². The summed E-state index contributed by atoms with van der Waals surface area (Å²) in [5.74, 6) is 0.367. The van der Waals surface area contributed by atoms with E-state index >= 15 is 0 Å². The topological polar surface area (TPSA) is 88.7 Å². The minimum atomic E-state index is -0.633. The van der Waals surface area contributed by atoms with Gasteiger partial charge >= 0.3 is 0 Å². The average Bonchev–Trinajstić information content (AvgIpc) is 2.43. The quantitative estimate of drug-likeness (QED) is 0.203. The third-order valence-corrected chi connectivity index (χ3v) is 3.04. The molecule has 0 unspecified atom stereocenters. The molecule has 0 aliphatic heterocycles. The summed E-state index contributed by atoms with van der Waals surface area (Å²) in [7, 11) is 0. The Balaban J connectivity index is 0. The number of nitrogens with zero attached hydrogens (tertiary/aromatic N) is 1. The van der Waals surface area contributed by atoms with E-state index in [0.29, 0.717) is 12.5 Å². The molecule has 0 spiro atoms. The van der Waals surface area contributed by atoms with Crippen LogP contribution in [0, 0.1) is 5.41 Å². The standard InChI is InChI=1S/C15H32N4O2.HI/c1-5-7-10-21-11-8-9-18-14(17-6-2)19-12-15(3,4)13(16)20;/h5-12H2,1-4H3,(H2,16,20)(H2,17,18,19);1H. The summed E-state index contributed by atoms with van der Waals surface area (Å²) in [5, 5.41) is 6.38. The van der Waals surface area contributed by atoms with E-state index in [4.69, 9.17) is 10.5 Å². The van der Waals surface area contributed by atoms with E-state index in [0.717, 1.165) is 45.6 Å². The fraction of sp³-hybridized carbons (Fsp3) is 0.867. The molecular weight excluding hydrogens is 395 g/mol. The summed E-state index contributed by atoms with van der Waals surface area (Å²) in [6.07, 6.45) is 3.19. The van der Waals surface area contributed by atoms with E-state index < -0.39 is 5.41 Å². The number of carbonyl (C=O) groups is 1. The summed E-state index contributed by atoms with van der Waals surface area (Å²) in [6, 6.07) is 0. The second-order valence-electron chi connectivity index (χ2n) is 5.69. The first-order chi connectivity index (χ1) is 9.94. The van der Waals surface area contributed by atoms with E-state index in [9.17, 15) is 4.79 Å². The van der Waals surface area contributed by atoms with Crippen LogP contribution in [0.2, 0.25) is 0 Å². The minimum Gasteiger partial charge on any atom is -0.381 e. The lowest BCUT2D eigenvalue weighted by Gasteiger charge is -2.19. The zero-order valence-corrected chi connectivity index (χ0v) is 16.7. The summed E-state index contributed by atoms with van der Waals surface area (Å²) in [4.78, 5) is 15.7. The van der Waals surface area contributed by atoms with Crippen molar-refractivity contribution in [1.82, 2.24) is 10.6 Å². The van der Waals surface area contributed by atoms with Gasteiger partial charge in [-0.15, -0.1) is 24.0 Å². The van der Waals surface area contributed by atoms with Gasteiger partial charge in [0.1, 0.15) is 0 Å². The zero-order valence-electron chi connectivity index (χ0n) is 14.4. The number of unbranched alkanes of at least 4 members (excludes halogenated alkanes) is 1. The Morgan fingerprint density at radius 3 is 2.36 bits per heavy atom. The van der Waals surface area contributed by atoms with E-state index in [1.807, 2.05) is 6.92 Å². The molecule has 1 amide bonds. The van der Waals surface area contributed by atoms with Crippen LogP contribution < -0.4 is 16.4 Å². The highest BCUT2D eigenvalue weighted by Gasteiger charge is 2.24. The number of primary amides is 1. The fourth-order valence-corrected chi connectivity index (χ4v) is 1.43. The number of ether oxygens (including phenoxy) is 1. The van der Waals surface area contributed by atoms with Crippen molar-refractivity contribution in [2.45, 2.75) is 47.0 Å². The van der Waals surface area contributed by atoms with E-state index in [1.165, 1.54) is 0 Å². The highest BCUT2D eigenvalue weighted by molar-refractivity contribution is 14.0. The number of guanidine groups is 1. The van der Waals surface area contributed by atoms with Crippen molar-refractivity contribution in [3.05, 3.63) is 0 Å². The van der Waals surface area contributed by atoms with Crippen molar-refractivity contribution in [2.75, 3.05) is 32.8 Å². The SMILES string of the molecule is CCCCOCCCNC(=NCC(C)(C)C(N)=O)NCC.I. The zero-order chi connectivity index (χ0) is 16.1. The molecular formula is C15H33IN4O2.